The average molecular weight is 407 g/mol. The first-order valence-electron chi connectivity index (χ1n) is 8.18. The van der Waals surface area contributed by atoms with Crippen LogP contribution in [0.25, 0.3) is 0 Å². The second-order valence-electron chi connectivity index (χ2n) is 5.72. The van der Waals surface area contributed by atoms with Crippen molar-refractivity contribution in [1.82, 2.24) is 16.2 Å². The van der Waals surface area contributed by atoms with Gasteiger partial charge in [-0.3, -0.25) is 9.59 Å². The standard InChI is InChI=1S/C18H19ClN4O3S/c1-26-14-8-7-12(19)9-13(14)20-15(24)10-27-18-21-17(25)16(22-23-18)11-5-3-2-4-6-11/h2-9,16,18,22-23H,10H2,1H3,(H,20,24)(H,21,25). The molecule has 4 N–H and O–H groups in total. The summed E-state index contributed by atoms with van der Waals surface area (Å²) in [6.45, 7) is 0. The van der Waals surface area contributed by atoms with Crippen molar-refractivity contribution in [2.45, 2.75) is 11.5 Å². The normalized spacial score (nSPS) is 19.3. The molecular weight excluding hydrogens is 388 g/mol. The van der Waals surface area contributed by atoms with Crippen LogP contribution in [0, 0.1) is 0 Å². The molecule has 3 rings (SSSR count). The minimum absolute atomic E-state index is 0.130. The Morgan fingerprint density at radius 1 is 1.22 bits per heavy atom. The molecule has 2 amide bonds. The van der Waals surface area contributed by atoms with Gasteiger partial charge in [-0.25, -0.2) is 10.9 Å². The molecule has 0 radical (unpaired) electrons. The highest BCUT2D eigenvalue weighted by Gasteiger charge is 2.28. The highest BCUT2D eigenvalue weighted by atomic mass is 35.5. The molecule has 1 aliphatic heterocycles. The maximum absolute atomic E-state index is 12.3. The van der Waals surface area contributed by atoms with Crippen molar-refractivity contribution in [2.24, 2.45) is 0 Å². The molecule has 1 heterocycles. The fourth-order valence-corrected chi connectivity index (χ4v) is 3.47. The lowest BCUT2D eigenvalue weighted by molar-refractivity contribution is -0.126. The number of benzene rings is 2. The number of carbonyl (C=O) groups excluding carboxylic acids is 2. The largest absolute Gasteiger partial charge is 0.495 e. The smallest absolute Gasteiger partial charge is 0.244 e. The van der Waals surface area contributed by atoms with Crippen LogP contribution in [0.4, 0.5) is 5.69 Å². The molecule has 1 fully saturated rings. The molecule has 1 saturated heterocycles. The van der Waals surface area contributed by atoms with Gasteiger partial charge in [-0.2, -0.15) is 0 Å². The summed E-state index contributed by atoms with van der Waals surface area (Å²) in [5, 5.41) is 6.09. The van der Waals surface area contributed by atoms with Crippen LogP contribution in [-0.2, 0) is 9.59 Å². The van der Waals surface area contributed by atoms with E-state index in [9.17, 15) is 9.59 Å². The first kappa shape index (κ1) is 19.5. The van der Waals surface area contributed by atoms with Crippen molar-refractivity contribution in [3.05, 3.63) is 59.1 Å². The molecule has 0 aromatic heterocycles. The number of rotatable bonds is 6. The quantitative estimate of drug-likeness (QED) is 0.588. The summed E-state index contributed by atoms with van der Waals surface area (Å²) in [5.41, 5.74) is 6.92. The molecule has 9 heteroatoms. The van der Waals surface area contributed by atoms with E-state index < -0.39 is 11.5 Å². The Morgan fingerprint density at radius 3 is 2.70 bits per heavy atom. The van der Waals surface area contributed by atoms with E-state index in [2.05, 4.69) is 21.5 Å². The lowest BCUT2D eigenvalue weighted by Gasteiger charge is -2.31. The Hall–Kier alpha value is -2.26. The van der Waals surface area contributed by atoms with E-state index in [0.29, 0.717) is 16.5 Å². The van der Waals surface area contributed by atoms with Crippen molar-refractivity contribution in [2.75, 3.05) is 18.2 Å². The van der Waals surface area contributed by atoms with Crippen molar-refractivity contribution < 1.29 is 14.3 Å². The lowest BCUT2D eigenvalue weighted by Crippen LogP contribution is -2.60. The molecule has 0 spiro atoms. The van der Waals surface area contributed by atoms with Gasteiger partial charge in [0.05, 0.1) is 18.6 Å². The number of methoxy groups -OCH3 is 1. The summed E-state index contributed by atoms with van der Waals surface area (Å²) in [5.74, 6) is 0.260. The van der Waals surface area contributed by atoms with Crippen LogP contribution in [0.5, 0.6) is 5.75 Å². The molecule has 27 heavy (non-hydrogen) atoms. The number of ether oxygens (including phenoxy) is 1. The third-order valence-electron chi connectivity index (χ3n) is 3.84. The van der Waals surface area contributed by atoms with Crippen LogP contribution in [0.15, 0.2) is 48.5 Å². The topological polar surface area (TPSA) is 91.5 Å². The number of thioether (sulfide) groups is 1. The van der Waals surface area contributed by atoms with Gasteiger partial charge >= 0.3 is 0 Å². The second kappa shape index (κ2) is 9.09. The molecular formula is C18H19ClN4O3S. The minimum atomic E-state index is -0.479. The Morgan fingerprint density at radius 2 is 2.00 bits per heavy atom. The highest BCUT2D eigenvalue weighted by Crippen LogP contribution is 2.28. The summed E-state index contributed by atoms with van der Waals surface area (Å²) in [7, 11) is 1.52. The molecule has 7 nitrogen and oxygen atoms in total. The average Bonchev–Trinajstić information content (AvgIpc) is 2.67. The Bertz CT molecular complexity index is 822. The molecule has 0 bridgehead atoms. The monoisotopic (exact) mass is 406 g/mol. The zero-order valence-electron chi connectivity index (χ0n) is 14.5. The fourth-order valence-electron chi connectivity index (χ4n) is 2.56. The van der Waals surface area contributed by atoms with E-state index in [1.54, 1.807) is 18.2 Å². The third kappa shape index (κ3) is 5.14. The van der Waals surface area contributed by atoms with Crippen LogP contribution < -0.4 is 26.2 Å². The zero-order valence-corrected chi connectivity index (χ0v) is 16.1. The molecule has 2 atom stereocenters. The number of nitrogens with one attached hydrogen (secondary N) is 4. The molecule has 0 aliphatic carbocycles. The zero-order chi connectivity index (χ0) is 19.2. The van der Waals surface area contributed by atoms with Gasteiger partial charge in [0.25, 0.3) is 0 Å². The van der Waals surface area contributed by atoms with Crippen LogP contribution in [-0.4, -0.2) is 30.2 Å². The van der Waals surface area contributed by atoms with E-state index in [0.717, 1.165) is 5.56 Å². The maximum atomic E-state index is 12.3. The molecule has 2 aromatic carbocycles. The summed E-state index contributed by atoms with van der Waals surface area (Å²) >= 11 is 7.21. The number of hydrazine groups is 1. The van der Waals surface area contributed by atoms with Crippen molar-refractivity contribution in [1.29, 1.82) is 0 Å². The summed E-state index contributed by atoms with van der Waals surface area (Å²) in [6.07, 6.45) is 0. The lowest BCUT2D eigenvalue weighted by atomic mass is 10.1. The Balaban J connectivity index is 1.50. The van der Waals surface area contributed by atoms with Crippen molar-refractivity contribution in [3.63, 3.8) is 0 Å². The molecule has 142 valence electrons. The van der Waals surface area contributed by atoms with Gasteiger partial charge in [0.15, 0.2) is 0 Å². The van der Waals surface area contributed by atoms with Crippen molar-refractivity contribution in [3.8, 4) is 5.75 Å². The summed E-state index contributed by atoms with van der Waals surface area (Å²) in [4.78, 5) is 24.5. The number of amides is 2. The second-order valence-corrected chi connectivity index (χ2v) is 7.25. The number of anilines is 1. The Labute approximate surface area is 166 Å². The van der Waals surface area contributed by atoms with Crippen LogP contribution in [0.3, 0.4) is 0 Å². The SMILES string of the molecule is COc1ccc(Cl)cc1NC(=O)CSC1NNC(c2ccccc2)C(=O)N1. The van der Waals surface area contributed by atoms with E-state index in [-0.39, 0.29) is 17.6 Å². The summed E-state index contributed by atoms with van der Waals surface area (Å²) in [6, 6.07) is 13.9. The predicted octanol–water partition coefficient (Wildman–Crippen LogP) is 2.27. The molecule has 2 aromatic rings. The third-order valence-corrected chi connectivity index (χ3v) is 5.08. The van der Waals surface area contributed by atoms with Gasteiger partial charge in [-0.05, 0) is 23.8 Å². The van der Waals surface area contributed by atoms with E-state index in [4.69, 9.17) is 16.3 Å². The van der Waals surface area contributed by atoms with Crippen molar-refractivity contribution >= 4 is 40.9 Å². The van der Waals surface area contributed by atoms with Crippen LogP contribution in [0.1, 0.15) is 11.6 Å². The maximum Gasteiger partial charge on any atom is 0.244 e. The molecule has 2 unspecified atom stereocenters. The summed E-state index contributed by atoms with van der Waals surface area (Å²) < 4.78 is 5.20. The minimum Gasteiger partial charge on any atom is -0.495 e. The van der Waals surface area contributed by atoms with Gasteiger partial charge in [0.2, 0.25) is 11.8 Å². The first-order chi connectivity index (χ1) is 13.1. The van der Waals surface area contributed by atoms with Crippen LogP contribution >= 0.6 is 23.4 Å². The van der Waals surface area contributed by atoms with Crippen LogP contribution in [0.2, 0.25) is 5.02 Å². The van der Waals surface area contributed by atoms with Gasteiger partial charge < -0.3 is 15.4 Å². The number of carbonyl (C=O) groups is 2. The van der Waals surface area contributed by atoms with Gasteiger partial charge in [-0.1, -0.05) is 41.9 Å². The van der Waals surface area contributed by atoms with Gasteiger partial charge in [0, 0.05) is 5.02 Å². The highest BCUT2D eigenvalue weighted by molar-refractivity contribution is 8.00. The van der Waals surface area contributed by atoms with E-state index in [1.807, 2.05) is 30.3 Å². The predicted molar refractivity (Wildman–Crippen MR) is 106 cm³/mol. The van der Waals surface area contributed by atoms with E-state index >= 15 is 0 Å². The molecule has 0 saturated carbocycles. The number of hydrogen-bond donors (Lipinski definition) is 4. The first-order valence-corrected chi connectivity index (χ1v) is 9.61. The van der Waals surface area contributed by atoms with Gasteiger partial charge in [-0.15, -0.1) is 11.8 Å². The van der Waals surface area contributed by atoms with Gasteiger partial charge in [0.1, 0.15) is 17.3 Å². The Kier molecular flexibility index (Phi) is 6.57. The number of halogens is 1. The molecule has 1 aliphatic rings. The number of hydrogen-bond acceptors (Lipinski definition) is 6. The fraction of sp³-hybridized carbons (Fsp3) is 0.222. The van der Waals surface area contributed by atoms with E-state index in [1.165, 1.54) is 18.9 Å².